The van der Waals surface area contributed by atoms with E-state index in [0.29, 0.717) is 10.6 Å². The summed E-state index contributed by atoms with van der Waals surface area (Å²) in [5.74, 6) is -0.356. The van der Waals surface area contributed by atoms with E-state index in [9.17, 15) is 13.2 Å². The first-order valence-electron chi connectivity index (χ1n) is 6.47. The monoisotopic (exact) mass is 373 g/mol. The molecule has 0 radical (unpaired) electrons. The number of aryl methyl sites for hydroxylation is 1. The van der Waals surface area contributed by atoms with Crippen molar-refractivity contribution in [3.63, 3.8) is 0 Å². The molecule has 122 valence electrons. The number of anilines is 1. The zero-order valence-corrected chi connectivity index (χ0v) is 14.6. The van der Waals surface area contributed by atoms with Gasteiger partial charge in [0.15, 0.2) is 5.75 Å². The Morgan fingerprint density at radius 1 is 1.13 bits per heavy atom. The molecular weight excluding hydrogens is 361 g/mol. The molecule has 0 spiro atoms. The Kier molecular flexibility index (Phi) is 5.19. The van der Waals surface area contributed by atoms with Gasteiger partial charge in [0.25, 0.3) is 0 Å². The fourth-order valence-corrected chi connectivity index (χ4v) is 3.57. The van der Waals surface area contributed by atoms with Gasteiger partial charge in [-0.05, 0) is 36.8 Å². The first-order valence-corrected chi connectivity index (χ1v) is 8.64. The molecule has 0 saturated carbocycles. The lowest BCUT2D eigenvalue weighted by Gasteiger charge is -2.13. The molecule has 1 amide bonds. The number of carbonyl (C=O) groups excluding carboxylic acids is 1. The Balaban J connectivity index is 2.44. The third-order valence-electron chi connectivity index (χ3n) is 2.88. The van der Waals surface area contributed by atoms with E-state index in [1.54, 1.807) is 19.1 Å². The number of halogens is 2. The van der Waals surface area contributed by atoms with E-state index in [-0.39, 0.29) is 27.3 Å². The highest BCUT2D eigenvalue weighted by Crippen LogP contribution is 2.32. The van der Waals surface area contributed by atoms with E-state index in [0.717, 1.165) is 0 Å². The number of hydrogen-bond donors (Lipinski definition) is 1. The zero-order valence-electron chi connectivity index (χ0n) is 12.3. The molecule has 8 heteroatoms. The van der Waals surface area contributed by atoms with Crippen LogP contribution >= 0.6 is 23.2 Å². The van der Waals surface area contributed by atoms with Crippen LogP contribution in [-0.2, 0) is 14.9 Å². The maximum atomic E-state index is 12.5. The van der Waals surface area contributed by atoms with Gasteiger partial charge in [0, 0.05) is 11.9 Å². The van der Waals surface area contributed by atoms with Gasteiger partial charge in [0.2, 0.25) is 5.91 Å². The summed E-state index contributed by atoms with van der Waals surface area (Å²) in [4.78, 5) is 11.0. The molecule has 2 aromatic rings. The van der Waals surface area contributed by atoms with Crippen molar-refractivity contribution in [1.82, 2.24) is 0 Å². The molecule has 23 heavy (non-hydrogen) atoms. The minimum Gasteiger partial charge on any atom is -0.377 e. The Morgan fingerprint density at radius 2 is 1.78 bits per heavy atom. The van der Waals surface area contributed by atoms with Crippen LogP contribution in [0.25, 0.3) is 0 Å². The van der Waals surface area contributed by atoms with Crippen molar-refractivity contribution < 1.29 is 17.4 Å². The third kappa shape index (κ3) is 4.16. The maximum absolute atomic E-state index is 12.5. The highest BCUT2D eigenvalue weighted by Gasteiger charge is 2.23. The molecule has 2 rings (SSSR count). The Morgan fingerprint density at radius 3 is 2.43 bits per heavy atom. The number of nitrogens with one attached hydrogen (secondary N) is 1. The number of para-hydroxylation sites is 2. The van der Waals surface area contributed by atoms with Crippen molar-refractivity contribution in [3.05, 3.63) is 52.0 Å². The molecule has 0 aliphatic heterocycles. The average Bonchev–Trinajstić information content (AvgIpc) is 2.44. The summed E-state index contributed by atoms with van der Waals surface area (Å²) in [6.45, 7) is 2.97. The molecule has 5 nitrogen and oxygen atoms in total. The summed E-state index contributed by atoms with van der Waals surface area (Å²) in [7, 11) is -4.18. The Bertz CT molecular complexity index is 866. The second-order valence-electron chi connectivity index (χ2n) is 4.75. The molecular formula is C15H13Cl2NO4S. The number of hydrogen-bond acceptors (Lipinski definition) is 4. The standard InChI is InChI=1S/C15H13Cl2NO4S/c1-9-7-15(12(17)8-11(9)16)23(20,21)22-14-6-4-3-5-13(14)18-10(2)19/h3-8H,1-2H3,(H,18,19). The van der Waals surface area contributed by atoms with Crippen LogP contribution in [0.2, 0.25) is 10.0 Å². The number of benzene rings is 2. The van der Waals surface area contributed by atoms with E-state index in [1.807, 2.05) is 0 Å². The van der Waals surface area contributed by atoms with Gasteiger partial charge in [-0.2, -0.15) is 8.42 Å². The van der Waals surface area contributed by atoms with E-state index in [4.69, 9.17) is 27.4 Å². The van der Waals surface area contributed by atoms with Crippen LogP contribution in [0.15, 0.2) is 41.3 Å². The average molecular weight is 374 g/mol. The van der Waals surface area contributed by atoms with Crippen LogP contribution in [0.1, 0.15) is 12.5 Å². The van der Waals surface area contributed by atoms with Crippen LogP contribution in [0.3, 0.4) is 0 Å². The second-order valence-corrected chi connectivity index (χ2v) is 7.08. The Labute approximate surface area is 144 Å². The highest BCUT2D eigenvalue weighted by atomic mass is 35.5. The van der Waals surface area contributed by atoms with E-state index in [2.05, 4.69) is 5.32 Å². The molecule has 0 aliphatic rings. The summed E-state index contributed by atoms with van der Waals surface area (Å²) in [5, 5.41) is 2.81. The first-order chi connectivity index (χ1) is 10.7. The van der Waals surface area contributed by atoms with Gasteiger partial charge in [-0.3, -0.25) is 4.79 Å². The minimum absolute atomic E-state index is 0.00799. The van der Waals surface area contributed by atoms with Gasteiger partial charge in [-0.15, -0.1) is 0 Å². The van der Waals surface area contributed by atoms with Crippen LogP contribution in [0, 0.1) is 6.92 Å². The molecule has 0 atom stereocenters. The SMILES string of the molecule is CC(=O)Nc1ccccc1OS(=O)(=O)c1cc(C)c(Cl)cc1Cl. The highest BCUT2D eigenvalue weighted by molar-refractivity contribution is 7.87. The number of amides is 1. The van der Waals surface area contributed by atoms with Crippen molar-refractivity contribution in [2.75, 3.05) is 5.32 Å². The molecule has 0 bridgehead atoms. The third-order valence-corrected chi connectivity index (χ3v) is 4.99. The lowest BCUT2D eigenvalue weighted by Crippen LogP contribution is -2.13. The van der Waals surface area contributed by atoms with Gasteiger partial charge in [0.05, 0.1) is 10.7 Å². The topological polar surface area (TPSA) is 72.5 Å². The summed E-state index contributed by atoms with van der Waals surface area (Å²) >= 11 is 11.9. The largest absolute Gasteiger partial charge is 0.377 e. The van der Waals surface area contributed by atoms with Crippen LogP contribution in [0.4, 0.5) is 5.69 Å². The molecule has 1 N–H and O–H groups in total. The quantitative estimate of drug-likeness (QED) is 0.821. The van der Waals surface area contributed by atoms with Crippen LogP contribution < -0.4 is 9.50 Å². The summed E-state index contributed by atoms with van der Waals surface area (Å²) in [6.07, 6.45) is 0. The molecule has 2 aromatic carbocycles. The van der Waals surface area contributed by atoms with E-state index < -0.39 is 10.1 Å². The van der Waals surface area contributed by atoms with Crippen molar-refractivity contribution >= 4 is 44.9 Å². The predicted octanol–water partition coefficient (Wildman–Crippen LogP) is 4.03. The first kappa shape index (κ1) is 17.6. The molecule has 0 unspecified atom stereocenters. The van der Waals surface area contributed by atoms with Gasteiger partial charge in [-0.1, -0.05) is 35.3 Å². The maximum Gasteiger partial charge on any atom is 0.340 e. The summed E-state index contributed by atoms with van der Waals surface area (Å²) < 4.78 is 30.0. The molecule has 0 aromatic heterocycles. The number of carbonyl (C=O) groups is 1. The molecule has 0 heterocycles. The number of rotatable bonds is 4. The van der Waals surface area contributed by atoms with Gasteiger partial charge in [0.1, 0.15) is 4.90 Å². The lowest BCUT2D eigenvalue weighted by molar-refractivity contribution is -0.114. The van der Waals surface area contributed by atoms with Crippen LogP contribution in [-0.4, -0.2) is 14.3 Å². The molecule has 0 aliphatic carbocycles. The second kappa shape index (κ2) is 6.78. The van der Waals surface area contributed by atoms with Gasteiger partial charge in [-0.25, -0.2) is 0 Å². The van der Waals surface area contributed by atoms with Crippen molar-refractivity contribution in [2.24, 2.45) is 0 Å². The fourth-order valence-electron chi connectivity index (χ4n) is 1.82. The fraction of sp³-hybridized carbons (Fsp3) is 0.133. The van der Waals surface area contributed by atoms with Crippen molar-refractivity contribution in [2.45, 2.75) is 18.7 Å². The van der Waals surface area contributed by atoms with E-state index >= 15 is 0 Å². The van der Waals surface area contributed by atoms with Crippen molar-refractivity contribution in [3.8, 4) is 5.75 Å². The summed E-state index contributed by atoms with van der Waals surface area (Å²) in [5.41, 5.74) is 0.791. The van der Waals surface area contributed by atoms with Crippen molar-refractivity contribution in [1.29, 1.82) is 0 Å². The predicted molar refractivity (Wildman–Crippen MR) is 89.8 cm³/mol. The molecule has 0 fully saturated rings. The minimum atomic E-state index is -4.18. The lowest BCUT2D eigenvalue weighted by atomic mass is 10.2. The zero-order chi connectivity index (χ0) is 17.2. The van der Waals surface area contributed by atoms with Gasteiger partial charge < -0.3 is 9.50 Å². The molecule has 0 saturated heterocycles. The van der Waals surface area contributed by atoms with Crippen LogP contribution in [0.5, 0.6) is 5.75 Å². The summed E-state index contributed by atoms with van der Waals surface area (Å²) in [6, 6.07) is 8.87. The van der Waals surface area contributed by atoms with E-state index in [1.165, 1.54) is 31.2 Å². The smallest absolute Gasteiger partial charge is 0.340 e. The normalized spacial score (nSPS) is 11.1. The van der Waals surface area contributed by atoms with Gasteiger partial charge >= 0.3 is 10.1 Å². The Hall–Kier alpha value is -1.76.